The van der Waals surface area contributed by atoms with E-state index in [1.165, 1.54) is 11.1 Å². The first-order valence-electron chi connectivity index (χ1n) is 6.27. The van der Waals surface area contributed by atoms with Crippen LogP contribution in [0.2, 0.25) is 0 Å². The van der Waals surface area contributed by atoms with E-state index in [9.17, 15) is 4.79 Å². The standard InChI is InChI=1S/C14H20N2O/c1-16(10-9-15)14(17)13-8-4-6-11-5-2-3-7-12(11)13/h2-3,5,7,13H,4,6,8-10,15H2,1H3. The molecule has 2 rings (SSSR count). The highest BCUT2D eigenvalue weighted by atomic mass is 16.2. The van der Waals surface area contributed by atoms with E-state index in [2.05, 4.69) is 18.2 Å². The van der Waals surface area contributed by atoms with Crippen LogP contribution >= 0.6 is 0 Å². The molecular weight excluding hydrogens is 212 g/mol. The van der Waals surface area contributed by atoms with Gasteiger partial charge in [0.1, 0.15) is 0 Å². The van der Waals surface area contributed by atoms with E-state index in [1.54, 1.807) is 4.90 Å². The number of benzene rings is 1. The largest absolute Gasteiger partial charge is 0.344 e. The third-order valence-corrected chi connectivity index (χ3v) is 3.51. The fourth-order valence-corrected chi connectivity index (χ4v) is 2.58. The number of aryl methyl sites for hydroxylation is 1. The quantitative estimate of drug-likeness (QED) is 0.859. The van der Waals surface area contributed by atoms with Gasteiger partial charge >= 0.3 is 0 Å². The van der Waals surface area contributed by atoms with Gasteiger partial charge in [-0.05, 0) is 30.4 Å². The van der Waals surface area contributed by atoms with Gasteiger partial charge in [-0.15, -0.1) is 0 Å². The highest BCUT2D eigenvalue weighted by Crippen LogP contribution is 2.32. The molecule has 92 valence electrons. The van der Waals surface area contributed by atoms with Gasteiger partial charge in [0.2, 0.25) is 5.91 Å². The van der Waals surface area contributed by atoms with Crippen molar-refractivity contribution in [2.24, 2.45) is 5.73 Å². The summed E-state index contributed by atoms with van der Waals surface area (Å²) in [5.74, 6) is 0.249. The van der Waals surface area contributed by atoms with Crippen molar-refractivity contribution in [2.75, 3.05) is 20.1 Å². The lowest BCUT2D eigenvalue weighted by Crippen LogP contribution is -2.36. The molecular formula is C14H20N2O. The summed E-state index contributed by atoms with van der Waals surface area (Å²) in [5.41, 5.74) is 8.04. The predicted molar refractivity (Wildman–Crippen MR) is 68.8 cm³/mol. The van der Waals surface area contributed by atoms with Crippen LogP contribution in [0.25, 0.3) is 0 Å². The Labute approximate surface area is 103 Å². The monoisotopic (exact) mass is 232 g/mol. The molecule has 1 aliphatic rings. The molecule has 3 nitrogen and oxygen atoms in total. The minimum Gasteiger partial charge on any atom is -0.344 e. The van der Waals surface area contributed by atoms with Gasteiger partial charge in [0.05, 0.1) is 5.92 Å². The molecule has 0 aromatic heterocycles. The van der Waals surface area contributed by atoms with Crippen LogP contribution in [0.5, 0.6) is 0 Å². The first-order chi connectivity index (χ1) is 8.24. The summed E-state index contributed by atoms with van der Waals surface area (Å²) in [6, 6.07) is 8.30. The Morgan fingerprint density at radius 3 is 3.00 bits per heavy atom. The van der Waals surface area contributed by atoms with E-state index >= 15 is 0 Å². The van der Waals surface area contributed by atoms with E-state index in [0.717, 1.165) is 19.3 Å². The second kappa shape index (κ2) is 5.32. The van der Waals surface area contributed by atoms with E-state index in [-0.39, 0.29) is 11.8 Å². The average molecular weight is 232 g/mol. The molecule has 0 radical (unpaired) electrons. The molecule has 17 heavy (non-hydrogen) atoms. The van der Waals surface area contributed by atoms with Crippen LogP contribution in [-0.4, -0.2) is 30.9 Å². The number of fused-ring (bicyclic) bond motifs is 1. The van der Waals surface area contributed by atoms with Gasteiger partial charge in [0.25, 0.3) is 0 Å². The maximum absolute atomic E-state index is 12.3. The zero-order chi connectivity index (χ0) is 12.3. The number of hydrogen-bond donors (Lipinski definition) is 1. The number of nitrogens with zero attached hydrogens (tertiary/aromatic N) is 1. The molecule has 0 saturated carbocycles. The smallest absolute Gasteiger partial charge is 0.229 e. The Bertz CT molecular complexity index is 403. The topological polar surface area (TPSA) is 46.3 Å². The molecule has 0 aliphatic heterocycles. The summed E-state index contributed by atoms with van der Waals surface area (Å²) in [6.45, 7) is 1.16. The highest BCUT2D eigenvalue weighted by Gasteiger charge is 2.27. The van der Waals surface area contributed by atoms with Crippen molar-refractivity contribution in [1.29, 1.82) is 0 Å². The van der Waals surface area contributed by atoms with Crippen LogP contribution in [0.1, 0.15) is 29.9 Å². The molecule has 1 aromatic rings. The van der Waals surface area contributed by atoms with Crippen LogP contribution in [-0.2, 0) is 11.2 Å². The third kappa shape index (κ3) is 2.50. The molecule has 0 saturated heterocycles. The van der Waals surface area contributed by atoms with Crippen LogP contribution in [0.3, 0.4) is 0 Å². The van der Waals surface area contributed by atoms with E-state index in [4.69, 9.17) is 5.73 Å². The number of likely N-dealkylation sites (N-methyl/N-ethyl adjacent to an activating group) is 1. The van der Waals surface area contributed by atoms with Gasteiger partial charge in [0, 0.05) is 20.1 Å². The minimum atomic E-state index is 0.0384. The summed E-state index contributed by atoms with van der Waals surface area (Å²) < 4.78 is 0. The molecule has 1 unspecified atom stereocenters. The SMILES string of the molecule is CN(CCN)C(=O)C1CCCc2ccccc21. The summed E-state index contributed by atoms with van der Waals surface area (Å²) in [7, 11) is 1.84. The van der Waals surface area contributed by atoms with Gasteiger partial charge in [0.15, 0.2) is 0 Å². The van der Waals surface area contributed by atoms with Crippen molar-refractivity contribution in [3.8, 4) is 0 Å². The second-order valence-electron chi connectivity index (χ2n) is 4.69. The maximum atomic E-state index is 12.3. The zero-order valence-electron chi connectivity index (χ0n) is 10.4. The van der Waals surface area contributed by atoms with Crippen LogP contribution in [0.15, 0.2) is 24.3 Å². The van der Waals surface area contributed by atoms with Crippen molar-refractivity contribution < 1.29 is 4.79 Å². The highest BCUT2D eigenvalue weighted by molar-refractivity contribution is 5.84. The number of amides is 1. The van der Waals surface area contributed by atoms with E-state index in [1.807, 2.05) is 13.1 Å². The van der Waals surface area contributed by atoms with Crippen molar-refractivity contribution in [2.45, 2.75) is 25.2 Å². The fraction of sp³-hybridized carbons (Fsp3) is 0.500. The number of carbonyl (C=O) groups excluding carboxylic acids is 1. The molecule has 1 atom stereocenters. The normalized spacial score (nSPS) is 18.6. The van der Waals surface area contributed by atoms with Crippen molar-refractivity contribution in [3.63, 3.8) is 0 Å². The molecule has 1 aromatic carbocycles. The zero-order valence-corrected chi connectivity index (χ0v) is 10.4. The summed E-state index contributed by atoms with van der Waals surface area (Å²) in [4.78, 5) is 14.1. The Morgan fingerprint density at radius 1 is 1.47 bits per heavy atom. The number of rotatable bonds is 3. The van der Waals surface area contributed by atoms with Crippen LogP contribution in [0, 0.1) is 0 Å². The van der Waals surface area contributed by atoms with Gasteiger partial charge < -0.3 is 10.6 Å². The van der Waals surface area contributed by atoms with Crippen molar-refractivity contribution in [3.05, 3.63) is 35.4 Å². The Kier molecular flexibility index (Phi) is 3.79. The number of hydrogen-bond acceptors (Lipinski definition) is 2. The lowest BCUT2D eigenvalue weighted by molar-refractivity contribution is -0.131. The molecule has 0 heterocycles. The molecule has 1 aliphatic carbocycles. The van der Waals surface area contributed by atoms with Crippen molar-refractivity contribution >= 4 is 5.91 Å². The molecule has 1 amide bonds. The fourth-order valence-electron chi connectivity index (χ4n) is 2.58. The van der Waals surface area contributed by atoms with Gasteiger partial charge in [-0.3, -0.25) is 4.79 Å². The number of nitrogens with two attached hydrogens (primary N) is 1. The molecule has 0 bridgehead atoms. The molecule has 0 spiro atoms. The first kappa shape index (κ1) is 12.1. The van der Waals surface area contributed by atoms with E-state index < -0.39 is 0 Å². The third-order valence-electron chi connectivity index (χ3n) is 3.51. The average Bonchev–Trinajstić information content (AvgIpc) is 2.37. The Morgan fingerprint density at radius 2 is 2.24 bits per heavy atom. The first-order valence-corrected chi connectivity index (χ1v) is 6.27. The van der Waals surface area contributed by atoms with E-state index in [0.29, 0.717) is 13.1 Å². The predicted octanol–water partition coefficient (Wildman–Crippen LogP) is 1.52. The Balaban J connectivity index is 2.20. The minimum absolute atomic E-state index is 0.0384. The molecule has 2 N–H and O–H groups in total. The summed E-state index contributed by atoms with van der Waals surface area (Å²) >= 11 is 0. The Hall–Kier alpha value is -1.35. The van der Waals surface area contributed by atoms with Crippen LogP contribution < -0.4 is 5.73 Å². The van der Waals surface area contributed by atoms with Gasteiger partial charge in [-0.25, -0.2) is 0 Å². The summed E-state index contributed by atoms with van der Waals surface area (Å²) in [5, 5.41) is 0. The van der Waals surface area contributed by atoms with Gasteiger partial charge in [-0.1, -0.05) is 24.3 Å². The number of carbonyl (C=O) groups is 1. The lowest BCUT2D eigenvalue weighted by Gasteiger charge is -2.28. The second-order valence-corrected chi connectivity index (χ2v) is 4.69. The van der Waals surface area contributed by atoms with Gasteiger partial charge in [-0.2, -0.15) is 0 Å². The molecule has 3 heteroatoms. The van der Waals surface area contributed by atoms with Crippen LogP contribution in [0.4, 0.5) is 0 Å². The molecule has 0 fully saturated rings. The summed E-state index contributed by atoms with van der Waals surface area (Å²) in [6.07, 6.45) is 3.16. The lowest BCUT2D eigenvalue weighted by atomic mass is 9.82. The maximum Gasteiger partial charge on any atom is 0.229 e. The van der Waals surface area contributed by atoms with Crippen molar-refractivity contribution in [1.82, 2.24) is 4.90 Å².